The van der Waals surface area contributed by atoms with Gasteiger partial charge in [0.2, 0.25) is 0 Å². The number of halogens is 2. The first-order valence-electron chi connectivity index (χ1n) is 5.48. The van der Waals surface area contributed by atoms with Gasteiger partial charge in [-0.15, -0.1) is 0 Å². The lowest BCUT2D eigenvalue weighted by Gasteiger charge is -2.14. The number of amides is 1. The lowest BCUT2D eigenvalue weighted by Crippen LogP contribution is -2.46. The van der Waals surface area contributed by atoms with E-state index >= 15 is 0 Å². The van der Waals surface area contributed by atoms with Crippen LogP contribution >= 0.6 is 0 Å². The fraction of sp³-hybridized carbons (Fsp3) is 0.455. The van der Waals surface area contributed by atoms with Crippen molar-refractivity contribution in [3.8, 4) is 0 Å². The number of aryl methyl sites for hydroxylation is 1. The number of hydrogen-bond donors (Lipinski definition) is 1. The number of ether oxygens (including phenoxy) is 1. The molecule has 8 heteroatoms. The third kappa shape index (κ3) is 3.94. The standard InChI is InChI=1S/C11H13F2N3O3/c1-3-19-10(18)11(12,13)9(17)16-6-8-5-14-7(2)4-15-8/h4-5H,3,6H2,1-2H3,(H,16,17). The van der Waals surface area contributed by atoms with Gasteiger partial charge in [-0.25, -0.2) is 4.79 Å². The number of aromatic nitrogens is 2. The molecule has 104 valence electrons. The van der Waals surface area contributed by atoms with E-state index in [0.29, 0.717) is 11.4 Å². The summed E-state index contributed by atoms with van der Waals surface area (Å²) in [6.45, 7) is 2.60. The molecule has 0 atom stereocenters. The monoisotopic (exact) mass is 273 g/mol. The third-order valence-corrected chi connectivity index (χ3v) is 2.08. The smallest absolute Gasteiger partial charge is 0.418 e. The van der Waals surface area contributed by atoms with Gasteiger partial charge in [-0.3, -0.25) is 14.8 Å². The van der Waals surface area contributed by atoms with Gasteiger partial charge in [0, 0.05) is 6.20 Å². The molecule has 0 aliphatic heterocycles. The van der Waals surface area contributed by atoms with Crippen molar-refractivity contribution < 1.29 is 23.1 Å². The second-order valence-corrected chi connectivity index (χ2v) is 3.63. The van der Waals surface area contributed by atoms with Crippen molar-refractivity contribution in [3.63, 3.8) is 0 Å². The highest BCUT2D eigenvalue weighted by atomic mass is 19.3. The van der Waals surface area contributed by atoms with Crippen LogP contribution in [0.1, 0.15) is 18.3 Å². The highest BCUT2D eigenvalue weighted by Gasteiger charge is 2.48. The molecule has 1 aromatic rings. The van der Waals surface area contributed by atoms with E-state index in [1.165, 1.54) is 19.3 Å². The van der Waals surface area contributed by atoms with Crippen LogP contribution < -0.4 is 5.32 Å². The zero-order valence-electron chi connectivity index (χ0n) is 10.4. The van der Waals surface area contributed by atoms with E-state index in [2.05, 4.69) is 14.7 Å². The second-order valence-electron chi connectivity index (χ2n) is 3.63. The summed E-state index contributed by atoms with van der Waals surface area (Å²) in [7, 11) is 0. The molecule has 0 aliphatic rings. The Morgan fingerprint density at radius 3 is 2.58 bits per heavy atom. The molecule has 0 radical (unpaired) electrons. The second kappa shape index (κ2) is 6.17. The van der Waals surface area contributed by atoms with Crippen LogP contribution in [0.2, 0.25) is 0 Å². The van der Waals surface area contributed by atoms with Crippen molar-refractivity contribution in [2.24, 2.45) is 0 Å². The molecule has 1 amide bonds. The number of nitrogens with zero attached hydrogens (tertiary/aromatic N) is 2. The van der Waals surface area contributed by atoms with Crippen LogP contribution in [0, 0.1) is 6.92 Å². The summed E-state index contributed by atoms with van der Waals surface area (Å²) in [4.78, 5) is 29.9. The van der Waals surface area contributed by atoms with Gasteiger partial charge in [-0.05, 0) is 13.8 Å². The van der Waals surface area contributed by atoms with E-state index in [0.717, 1.165) is 0 Å². The van der Waals surface area contributed by atoms with Crippen molar-refractivity contribution in [1.29, 1.82) is 0 Å². The molecule has 0 unspecified atom stereocenters. The minimum Gasteiger partial charge on any atom is -0.461 e. The van der Waals surface area contributed by atoms with Gasteiger partial charge in [0.1, 0.15) is 0 Å². The van der Waals surface area contributed by atoms with E-state index < -0.39 is 17.8 Å². The summed E-state index contributed by atoms with van der Waals surface area (Å²) >= 11 is 0. The zero-order chi connectivity index (χ0) is 14.5. The highest BCUT2D eigenvalue weighted by Crippen LogP contribution is 2.15. The molecule has 6 nitrogen and oxygen atoms in total. The Hall–Kier alpha value is -2.12. The van der Waals surface area contributed by atoms with E-state index in [1.807, 2.05) is 5.32 Å². The lowest BCUT2D eigenvalue weighted by atomic mass is 10.3. The van der Waals surface area contributed by atoms with Gasteiger partial charge in [-0.1, -0.05) is 0 Å². The van der Waals surface area contributed by atoms with Crippen molar-refractivity contribution in [2.75, 3.05) is 6.61 Å². The minimum atomic E-state index is -4.21. The first kappa shape index (κ1) is 14.9. The Balaban J connectivity index is 2.59. The summed E-state index contributed by atoms with van der Waals surface area (Å²) in [5.41, 5.74) is 0.963. The van der Waals surface area contributed by atoms with Gasteiger partial charge in [0.15, 0.2) is 0 Å². The van der Waals surface area contributed by atoms with Crippen LogP contribution in [-0.2, 0) is 20.9 Å². The average molecular weight is 273 g/mol. The fourth-order valence-electron chi connectivity index (χ4n) is 1.11. The predicted molar refractivity (Wildman–Crippen MR) is 60.2 cm³/mol. The van der Waals surface area contributed by atoms with E-state index in [1.54, 1.807) is 6.92 Å². The molecule has 1 N–H and O–H groups in total. The maximum Gasteiger partial charge on any atom is 0.418 e. The van der Waals surface area contributed by atoms with Crippen LogP contribution in [0.15, 0.2) is 12.4 Å². The highest BCUT2D eigenvalue weighted by molar-refractivity contribution is 6.04. The Morgan fingerprint density at radius 1 is 1.37 bits per heavy atom. The molecule has 19 heavy (non-hydrogen) atoms. The Labute approximate surface area is 108 Å². The molecular formula is C11H13F2N3O3. The molecule has 0 aliphatic carbocycles. The molecule has 1 heterocycles. The SMILES string of the molecule is CCOC(=O)C(F)(F)C(=O)NCc1cnc(C)cn1. The Bertz CT molecular complexity index is 463. The Morgan fingerprint density at radius 2 is 2.05 bits per heavy atom. The van der Waals surface area contributed by atoms with Gasteiger partial charge in [-0.2, -0.15) is 8.78 Å². The van der Waals surface area contributed by atoms with Gasteiger partial charge in [0.05, 0.1) is 30.7 Å². The van der Waals surface area contributed by atoms with Crippen molar-refractivity contribution in [1.82, 2.24) is 15.3 Å². The van der Waals surface area contributed by atoms with Crippen molar-refractivity contribution in [2.45, 2.75) is 26.3 Å². The molecule has 0 spiro atoms. The summed E-state index contributed by atoms with van der Waals surface area (Å²) in [6, 6.07) is 0. The summed E-state index contributed by atoms with van der Waals surface area (Å²) in [5.74, 6) is -7.82. The molecule has 0 saturated carbocycles. The molecular weight excluding hydrogens is 260 g/mol. The number of hydrogen-bond acceptors (Lipinski definition) is 5. The van der Waals surface area contributed by atoms with Gasteiger partial charge < -0.3 is 10.1 Å². The van der Waals surface area contributed by atoms with Gasteiger partial charge >= 0.3 is 17.8 Å². The first-order valence-corrected chi connectivity index (χ1v) is 5.48. The van der Waals surface area contributed by atoms with E-state index in [-0.39, 0.29) is 13.2 Å². The summed E-state index contributed by atoms with van der Waals surface area (Å²) in [6.07, 6.45) is 2.78. The fourth-order valence-corrected chi connectivity index (χ4v) is 1.11. The predicted octanol–water partition coefficient (Wildman–Crippen LogP) is 0.600. The quantitative estimate of drug-likeness (QED) is 0.627. The normalized spacial score (nSPS) is 10.9. The number of alkyl halides is 2. The Kier molecular flexibility index (Phi) is 4.85. The van der Waals surface area contributed by atoms with E-state index in [4.69, 9.17) is 0 Å². The molecule has 1 rings (SSSR count). The van der Waals surface area contributed by atoms with Crippen molar-refractivity contribution in [3.05, 3.63) is 23.8 Å². The van der Waals surface area contributed by atoms with Crippen LogP contribution in [0.3, 0.4) is 0 Å². The number of nitrogens with one attached hydrogen (secondary N) is 1. The number of carbonyl (C=O) groups excluding carboxylic acids is 2. The van der Waals surface area contributed by atoms with Crippen LogP contribution in [-0.4, -0.2) is 34.4 Å². The summed E-state index contributed by atoms with van der Waals surface area (Å²) < 4.78 is 30.6. The average Bonchev–Trinajstić information content (AvgIpc) is 2.37. The third-order valence-electron chi connectivity index (χ3n) is 2.08. The van der Waals surface area contributed by atoms with E-state index in [9.17, 15) is 18.4 Å². The largest absolute Gasteiger partial charge is 0.461 e. The van der Waals surface area contributed by atoms with Crippen LogP contribution in [0.4, 0.5) is 8.78 Å². The molecule has 0 aromatic carbocycles. The molecule has 0 fully saturated rings. The van der Waals surface area contributed by atoms with Crippen LogP contribution in [0.25, 0.3) is 0 Å². The maximum absolute atomic E-state index is 13.2. The van der Waals surface area contributed by atoms with Gasteiger partial charge in [0.25, 0.3) is 0 Å². The number of rotatable bonds is 5. The van der Waals surface area contributed by atoms with Crippen molar-refractivity contribution >= 4 is 11.9 Å². The first-order chi connectivity index (χ1) is 8.87. The summed E-state index contributed by atoms with van der Waals surface area (Å²) in [5, 5.41) is 1.91. The topological polar surface area (TPSA) is 81.2 Å². The van der Waals surface area contributed by atoms with Crippen LogP contribution in [0.5, 0.6) is 0 Å². The zero-order valence-corrected chi connectivity index (χ0v) is 10.4. The minimum absolute atomic E-state index is 0.231. The number of carbonyl (C=O) groups is 2. The lowest BCUT2D eigenvalue weighted by molar-refractivity contribution is -0.177. The molecule has 0 bridgehead atoms. The molecule has 0 saturated heterocycles. The molecule has 1 aromatic heterocycles. The maximum atomic E-state index is 13.2. The number of esters is 1.